The second-order valence-electron chi connectivity index (χ2n) is 4.82. The van der Waals surface area contributed by atoms with Gasteiger partial charge in [-0.1, -0.05) is 19.4 Å². The second-order valence-corrected chi connectivity index (χ2v) is 4.82. The monoisotopic (exact) mass is 346 g/mol. The summed E-state index contributed by atoms with van der Waals surface area (Å²) in [5.41, 5.74) is 3.05. The van der Waals surface area contributed by atoms with Crippen molar-refractivity contribution in [3.05, 3.63) is 54.9 Å². The van der Waals surface area contributed by atoms with E-state index in [0.29, 0.717) is 0 Å². The lowest BCUT2D eigenvalue weighted by Gasteiger charge is -2.05. The van der Waals surface area contributed by atoms with E-state index < -0.39 is 0 Å². The number of benzene rings is 1. The van der Waals surface area contributed by atoms with Crippen LogP contribution in [0, 0.1) is 0 Å². The minimum atomic E-state index is 0. The number of rotatable bonds is 5. The van der Waals surface area contributed by atoms with Gasteiger partial charge in [-0.15, -0.1) is 17.0 Å². The molecule has 2 aromatic heterocycles. The minimum Gasteiger partial charge on any atom is -0.494 e. The maximum Gasteiger partial charge on any atom is 0.137 e. The van der Waals surface area contributed by atoms with Crippen LogP contribution in [0.25, 0.3) is 16.9 Å². The van der Waals surface area contributed by atoms with E-state index in [0.717, 1.165) is 42.1 Å². The van der Waals surface area contributed by atoms with E-state index in [2.05, 4.69) is 24.0 Å². The van der Waals surface area contributed by atoms with E-state index in [9.17, 15) is 0 Å². The lowest BCUT2D eigenvalue weighted by Crippen LogP contribution is -1.95. The summed E-state index contributed by atoms with van der Waals surface area (Å²) in [6.07, 6.45) is 6.30. The van der Waals surface area contributed by atoms with Crippen molar-refractivity contribution < 1.29 is 4.74 Å². The molecule has 0 aliphatic heterocycles. The third-order valence-corrected chi connectivity index (χ3v) is 3.28. The number of pyridine rings is 1. The Labute approximate surface area is 135 Å². The first kappa shape index (κ1) is 15.6. The van der Waals surface area contributed by atoms with Crippen LogP contribution in [0.15, 0.2) is 54.9 Å². The second kappa shape index (κ2) is 7.27. The van der Waals surface area contributed by atoms with Crippen molar-refractivity contribution in [2.75, 3.05) is 6.61 Å². The first-order valence-electron chi connectivity index (χ1n) is 7.04. The molecule has 0 aliphatic carbocycles. The molecule has 4 heteroatoms. The number of hydrogen-bond donors (Lipinski definition) is 0. The van der Waals surface area contributed by atoms with Crippen LogP contribution in [-0.4, -0.2) is 16.0 Å². The van der Waals surface area contributed by atoms with Crippen molar-refractivity contribution in [1.29, 1.82) is 0 Å². The summed E-state index contributed by atoms with van der Waals surface area (Å²) in [7, 11) is 0. The highest BCUT2D eigenvalue weighted by atomic mass is 79.9. The quantitative estimate of drug-likeness (QED) is 0.622. The Balaban J connectivity index is 0.00000161. The maximum atomic E-state index is 5.67. The summed E-state index contributed by atoms with van der Waals surface area (Å²) in [5.74, 6) is 0.922. The number of halogens is 1. The molecule has 1 aromatic carbocycles. The molecular formula is C17H19BrN2O. The van der Waals surface area contributed by atoms with Crippen LogP contribution >= 0.6 is 17.0 Å². The fourth-order valence-corrected chi connectivity index (χ4v) is 2.13. The third-order valence-electron chi connectivity index (χ3n) is 3.28. The normalized spacial score (nSPS) is 10.3. The van der Waals surface area contributed by atoms with Crippen LogP contribution < -0.4 is 4.74 Å². The van der Waals surface area contributed by atoms with Crippen LogP contribution in [0.5, 0.6) is 5.75 Å². The third kappa shape index (κ3) is 3.64. The van der Waals surface area contributed by atoms with Crippen LogP contribution in [0.4, 0.5) is 0 Å². The van der Waals surface area contributed by atoms with Crippen LogP contribution in [0.1, 0.15) is 19.8 Å². The number of aromatic nitrogens is 2. The van der Waals surface area contributed by atoms with Gasteiger partial charge in [0, 0.05) is 18.0 Å². The van der Waals surface area contributed by atoms with E-state index in [-0.39, 0.29) is 17.0 Å². The number of hydrogen-bond acceptors (Lipinski definition) is 2. The van der Waals surface area contributed by atoms with Gasteiger partial charge in [0.1, 0.15) is 11.4 Å². The molecule has 0 bridgehead atoms. The zero-order valence-corrected chi connectivity index (χ0v) is 13.7. The molecule has 0 atom stereocenters. The number of ether oxygens (including phenoxy) is 1. The minimum absolute atomic E-state index is 0. The van der Waals surface area contributed by atoms with E-state index in [1.54, 1.807) is 0 Å². The highest BCUT2D eigenvalue weighted by molar-refractivity contribution is 8.93. The first-order chi connectivity index (χ1) is 9.86. The molecule has 0 spiro atoms. The predicted octanol–water partition coefficient (Wildman–Crippen LogP) is 4.76. The molecule has 0 fully saturated rings. The van der Waals surface area contributed by atoms with Crippen LogP contribution in [0.3, 0.4) is 0 Å². The Bertz CT molecular complexity index is 658. The van der Waals surface area contributed by atoms with Gasteiger partial charge in [0.25, 0.3) is 0 Å². The molecular weight excluding hydrogens is 328 g/mol. The summed E-state index contributed by atoms with van der Waals surface area (Å²) >= 11 is 0. The van der Waals surface area contributed by atoms with Gasteiger partial charge in [-0.3, -0.25) is 0 Å². The summed E-state index contributed by atoms with van der Waals surface area (Å²) in [6, 6.07) is 14.1. The van der Waals surface area contributed by atoms with Crippen molar-refractivity contribution in [2.45, 2.75) is 19.8 Å². The van der Waals surface area contributed by atoms with Gasteiger partial charge in [0.2, 0.25) is 0 Å². The summed E-state index contributed by atoms with van der Waals surface area (Å²) in [4.78, 5) is 4.61. The molecule has 0 aliphatic rings. The fraction of sp³-hybridized carbons (Fsp3) is 0.235. The van der Waals surface area contributed by atoms with Gasteiger partial charge in [-0.2, -0.15) is 0 Å². The molecule has 0 unspecified atom stereocenters. The summed E-state index contributed by atoms with van der Waals surface area (Å²) < 4.78 is 7.70. The molecule has 0 amide bonds. The summed E-state index contributed by atoms with van der Waals surface area (Å²) in [5, 5.41) is 0. The Kier molecular flexibility index (Phi) is 5.39. The fourth-order valence-electron chi connectivity index (χ4n) is 2.13. The summed E-state index contributed by atoms with van der Waals surface area (Å²) in [6.45, 7) is 2.94. The van der Waals surface area contributed by atoms with E-state index in [4.69, 9.17) is 4.74 Å². The number of fused-ring (bicyclic) bond motifs is 1. The molecule has 21 heavy (non-hydrogen) atoms. The average Bonchev–Trinajstić information content (AvgIpc) is 2.92. The maximum absolute atomic E-state index is 5.67. The van der Waals surface area contributed by atoms with Gasteiger partial charge in [0.05, 0.1) is 12.3 Å². The Morgan fingerprint density at radius 3 is 2.62 bits per heavy atom. The van der Waals surface area contributed by atoms with Gasteiger partial charge >= 0.3 is 0 Å². The van der Waals surface area contributed by atoms with Crippen molar-refractivity contribution >= 4 is 22.6 Å². The number of nitrogens with zero attached hydrogens (tertiary/aromatic N) is 2. The smallest absolute Gasteiger partial charge is 0.137 e. The van der Waals surface area contributed by atoms with Crippen LogP contribution in [0.2, 0.25) is 0 Å². The number of unbranched alkanes of at least 4 members (excludes halogenated alkanes) is 1. The predicted molar refractivity (Wildman–Crippen MR) is 91.4 cm³/mol. The Hall–Kier alpha value is -1.81. The molecule has 0 radical (unpaired) electrons. The van der Waals surface area contributed by atoms with Gasteiger partial charge in [0.15, 0.2) is 0 Å². The van der Waals surface area contributed by atoms with Crippen molar-refractivity contribution in [2.24, 2.45) is 0 Å². The van der Waals surface area contributed by atoms with E-state index >= 15 is 0 Å². The lowest BCUT2D eigenvalue weighted by molar-refractivity contribution is 0.309. The zero-order chi connectivity index (χ0) is 13.8. The van der Waals surface area contributed by atoms with Crippen molar-refractivity contribution in [3.8, 4) is 17.0 Å². The molecule has 3 nitrogen and oxygen atoms in total. The van der Waals surface area contributed by atoms with E-state index in [1.165, 1.54) is 0 Å². The molecule has 0 saturated carbocycles. The Morgan fingerprint density at radius 2 is 1.90 bits per heavy atom. The number of imidazole rings is 1. The average molecular weight is 347 g/mol. The van der Waals surface area contributed by atoms with Gasteiger partial charge in [-0.25, -0.2) is 4.98 Å². The largest absolute Gasteiger partial charge is 0.494 e. The van der Waals surface area contributed by atoms with Crippen LogP contribution in [-0.2, 0) is 0 Å². The standard InChI is InChI=1S/C17H18N2O.BrH/c1-2-3-12-20-15-9-7-14(8-10-15)16-13-19-11-5-4-6-17(19)18-16;/h4-11,13H,2-3,12H2,1H3;1H. The molecule has 2 heterocycles. The lowest BCUT2D eigenvalue weighted by atomic mass is 10.2. The molecule has 3 rings (SSSR count). The highest BCUT2D eigenvalue weighted by Gasteiger charge is 2.04. The van der Waals surface area contributed by atoms with Gasteiger partial charge < -0.3 is 9.14 Å². The molecule has 3 aromatic rings. The van der Waals surface area contributed by atoms with Crippen molar-refractivity contribution in [3.63, 3.8) is 0 Å². The first-order valence-corrected chi connectivity index (χ1v) is 7.04. The van der Waals surface area contributed by atoms with Crippen molar-refractivity contribution in [1.82, 2.24) is 9.38 Å². The SMILES string of the molecule is Br.CCCCOc1ccc(-c2cn3ccccc3n2)cc1. The zero-order valence-electron chi connectivity index (χ0n) is 12.0. The molecule has 0 N–H and O–H groups in total. The molecule has 0 saturated heterocycles. The molecule has 110 valence electrons. The highest BCUT2D eigenvalue weighted by Crippen LogP contribution is 2.22. The van der Waals surface area contributed by atoms with E-state index in [1.807, 2.05) is 47.1 Å². The Morgan fingerprint density at radius 1 is 1.10 bits per heavy atom. The topological polar surface area (TPSA) is 26.5 Å². The van der Waals surface area contributed by atoms with Gasteiger partial charge in [-0.05, 0) is 42.8 Å².